The minimum absolute atomic E-state index is 0.113. The van der Waals surface area contributed by atoms with E-state index in [0.717, 1.165) is 0 Å². The fourth-order valence-corrected chi connectivity index (χ4v) is 1.25. The monoisotopic (exact) mass is 205 g/mol. The predicted molar refractivity (Wildman–Crippen MR) is 55.1 cm³/mol. The lowest BCUT2D eigenvalue weighted by atomic mass is 10.5. The molecule has 2 aromatic rings. The van der Waals surface area contributed by atoms with Crippen LogP contribution in [0.15, 0.2) is 35.5 Å². The second-order valence-corrected chi connectivity index (χ2v) is 3.12. The Morgan fingerprint density at radius 1 is 1.33 bits per heavy atom. The van der Waals surface area contributed by atoms with Crippen molar-refractivity contribution >= 4 is 5.69 Å². The number of hydrogen-bond donors (Lipinski definition) is 1. The van der Waals surface area contributed by atoms with Crippen LogP contribution in [0.4, 0.5) is 5.69 Å². The molecule has 2 rings (SSSR count). The van der Waals surface area contributed by atoms with Gasteiger partial charge < -0.3 is 5.73 Å². The summed E-state index contributed by atoms with van der Waals surface area (Å²) >= 11 is 0. The van der Waals surface area contributed by atoms with E-state index in [-0.39, 0.29) is 5.56 Å². The predicted octanol–water partition coefficient (Wildman–Crippen LogP) is -0.278. The minimum atomic E-state index is -0.113. The SMILES string of the molecule is Nc1cnn(CCn2ncccc2=O)c1. The Labute approximate surface area is 85.9 Å². The van der Waals surface area contributed by atoms with E-state index < -0.39 is 0 Å². The van der Waals surface area contributed by atoms with Gasteiger partial charge in [0.1, 0.15) is 0 Å². The van der Waals surface area contributed by atoms with Crippen molar-refractivity contribution in [2.45, 2.75) is 13.1 Å². The van der Waals surface area contributed by atoms with Gasteiger partial charge in [-0.2, -0.15) is 10.2 Å². The Bertz CT molecular complexity index is 501. The first-order valence-electron chi connectivity index (χ1n) is 4.56. The molecule has 0 saturated carbocycles. The van der Waals surface area contributed by atoms with E-state index in [1.807, 2.05) is 0 Å². The highest BCUT2D eigenvalue weighted by Gasteiger charge is 1.97. The van der Waals surface area contributed by atoms with Crippen molar-refractivity contribution < 1.29 is 0 Å². The summed E-state index contributed by atoms with van der Waals surface area (Å²) in [5.74, 6) is 0. The van der Waals surface area contributed by atoms with Crippen molar-refractivity contribution in [3.8, 4) is 0 Å². The number of aromatic nitrogens is 4. The molecule has 6 heteroatoms. The van der Waals surface area contributed by atoms with Gasteiger partial charge >= 0.3 is 0 Å². The van der Waals surface area contributed by atoms with Gasteiger partial charge in [-0.3, -0.25) is 9.48 Å². The first kappa shape index (κ1) is 9.45. The van der Waals surface area contributed by atoms with Crippen LogP contribution in [0.1, 0.15) is 0 Å². The molecular weight excluding hydrogens is 194 g/mol. The molecule has 0 spiro atoms. The molecule has 0 saturated heterocycles. The normalized spacial score (nSPS) is 10.4. The van der Waals surface area contributed by atoms with Crippen molar-refractivity contribution in [2.75, 3.05) is 5.73 Å². The van der Waals surface area contributed by atoms with Crippen LogP contribution in [0.2, 0.25) is 0 Å². The highest BCUT2D eigenvalue weighted by molar-refractivity contribution is 5.30. The summed E-state index contributed by atoms with van der Waals surface area (Å²) in [5.41, 5.74) is 6.01. The van der Waals surface area contributed by atoms with Gasteiger partial charge in [-0.15, -0.1) is 0 Å². The van der Waals surface area contributed by atoms with Crippen LogP contribution in [-0.2, 0) is 13.1 Å². The van der Waals surface area contributed by atoms with Crippen LogP contribution in [0.3, 0.4) is 0 Å². The lowest BCUT2D eigenvalue weighted by Crippen LogP contribution is -2.23. The van der Waals surface area contributed by atoms with Crippen LogP contribution < -0.4 is 11.3 Å². The van der Waals surface area contributed by atoms with Crippen LogP contribution in [-0.4, -0.2) is 19.6 Å². The molecular formula is C9H11N5O. The highest BCUT2D eigenvalue weighted by atomic mass is 16.1. The smallest absolute Gasteiger partial charge is 0.266 e. The Balaban J connectivity index is 2.05. The molecule has 0 radical (unpaired) electrons. The topological polar surface area (TPSA) is 78.7 Å². The molecule has 0 aliphatic rings. The maximum atomic E-state index is 11.3. The molecule has 6 nitrogen and oxygen atoms in total. The fourth-order valence-electron chi connectivity index (χ4n) is 1.25. The fraction of sp³-hybridized carbons (Fsp3) is 0.222. The third-order valence-electron chi connectivity index (χ3n) is 1.98. The zero-order valence-corrected chi connectivity index (χ0v) is 8.08. The van der Waals surface area contributed by atoms with E-state index in [2.05, 4.69) is 10.2 Å². The summed E-state index contributed by atoms with van der Waals surface area (Å²) in [6, 6.07) is 3.09. The van der Waals surface area contributed by atoms with E-state index >= 15 is 0 Å². The van der Waals surface area contributed by atoms with Crippen molar-refractivity contribution in [2.24, 2.45) is 0 Å². The van der Waals surface area contributed by atoms with Crippen molar-refractivity contribution in [1.82, 2.24) is 19.6 Å². The summed E-state index contributed by atoms with van der Waals surface area (Å²) in [5, 5.41) is 7.94. The number of nitrogens with zero attached hydrogens (tertiary/aromatic N) is 4. The second kappa shape index (κ2) is 3.95. The molecule has 0 amide bonds. The molecule has 0 atom stereocenters. The standard InChI is InChI=1S/C9H11N5O/c10-8-6-12-13(7-8)4-5-14-9(15)2-1-3-11-14/h1-3,6-7H,4-5,10H2. The van der Waals surface area contributed by atoms with Gasteiger partial charge in [0.15, 0.2) is 0 Å². The number of hydrogen-bond acceptors (Lipinski definition) is 4. The second-order valence-electron chi connectivity index (χ2n) is 3.12. The van der Waals surface area contributed by atoms with Gasteiger partial charge in [-0.25, -0.2) is 4.68 Å². The van der Waals surface area contributed by atoms with Gasteiger partial charge in [-0.1, -0.05) is 0 Å². The molecule has 0 aliphatic heterocycles. The number of aryl methyl sites for hydroxylation is 2. The van der Waals surface area contributed by atoms with Crippen molar-refractivity contribution in [3.63, 3.8) is 0 Å². The van der Waals surface area contributed by atoms with Crippen molar-refractivity contribution in [1.29, 1.82) is 0 Å². The van der Waals surface area contributed by atoms with Gasteiger partial charge in [0.05, 0.1) is 25.0 Å². The summed E-state index contributed by atoms with van der Waals surface area (Å²) < 4.78 is 3.06. The van der Waals surface area contributed by atoms with Gasteiger partial charge in [-0.05, 0) is 6.07 Å². The first-order chi connectivity index (χ1) is 7.25. The van der Waals surface area contributed by atoms with E-state index in [4.69, 9.17) is 5.73 Å². The van der Waals surface area contributed by atoms with E-state index in [1.165, 1.54) is 10.7 Å². The molecule has 0 aliphatic carbocycles. The largest absolute Gasteiger partial charge is 0.396 e. The maximum absolute atomic E-state index is 11.3. The third-order valence-corrected chi connectivity index (χ3v) is 1.98. The van der Waals surface area contributed by atoms with Gasteiger partial charge in [0.25, 0.3) is 5.56 Å². The lowest BCUT2D eigenvalue weighted by molar-refractivity contribution is 0.482. The first-order valence-corrected chi connectivity index (χ1v) is 4.56. The average Bonchev–Trinajstić information content (AvgIpc) is 2.63. The molecule has 2 N–H and O–H groups in total. The summed E-state index contributed by atoms with van der Waals surface area (Å²) in [6.07, 6.45) is 4.87. The summed E-state index contributed by atoms with van der Waals surface area (Å²) in [4.78, 5) is 11.3. The molecule has 15 heavy (non-hydrogen) atoms. The van der Waals surface area contributed by atoms with E-state index in [1.54, 1.807) is 29.3 Å². The molecule has 0 aromatic carbocycles. The van der Waals surface area contributed by atoms with Crippen LogP contribution in [0, 0.1) is 0 Å². The lowest BCUT2D eigenvalue weighted by Gasteiger charge is -2.03. The van der Waals surface area contributed by atoms with Crippen LogP contribution in [0.5, 0.6) is 0 Å². The Kier molecular flexibility index (Phi) is 2.49. The summed E-state index contributed by atoms with van der Waals surface area (Å²) in [7, 11) is 0. The zero-order valence-electron chi connectivity index (χ0n) is 8.08. The third kappa shape index (κ3) is 2.22. The maximum Gasteiger partial charge on any atom is 0.266 e. The average molecular weight is 205 g/mol. The highest BCUT2D eigenvalue weighted by Crippen LogP contribution is 1.97. The molecule has 78 valence electrons. The molecule has 0 fully saturated rings. The van der Waals surface area contributed by atoms with E-state index in [9.17, 15) is 4.79 Å². The number of nitrogen functional groups attached to an aromatic ring is 1. The quantitative estimate of drug-likeness (QED) is 0.747. The number of anilines is 1. The number of rotatable bonds is 3. The van der Waals surface area contributed by atoms with Gasteiger partial charge in [0.2, 0.25) is 0 Å². The number of nitrogens with two attached hydrogens (primary N) is 1. The van der Waals surface area contributed by atoms with Crippen molar-refractivity contribution in [3.05, 3.63) is 41.1 Å². The van der Waals surface area contributed by atoms with Crippen LogP contribution in [0.25, 0.3) is 0 Å². The molecule has 2 aromatic heterocycles. The Hall–Kier alpha value is -2.11. The summed E-state index contributed by atoms with van der Waals surface area (Å²) in [6.45, 7) is 1.06. The molecule has 0 unspecified atom stereocenters. The Morgan fingerprint density at radius 2 is 2.20 bits per heavy atom. The van der Waals surface area contributed by atoms with Gasteiger partial charge in [0, 0.05) is 18.5 Å². The van der Waals surface area contributed by atoms with E-state index in [0.29, 0.717) is 18.8 Å². The zero-order chi connectivity index (χ0) is 10.7. The molecule has 0 bridgehead atoms. The minimum Gasteiger partial charge on any atom is -0.396 e. The molecule has 2 heterocycles. The Morgan fingerprint density at radius 3 is 2.87 bits per heavy atom. The van der Waals surface area contributed by atoms with Crippen LogP contribution >= 0.6 is 0 Å².